The number of rotatable bonds is 3. The maximum Gasteiger partial charge on any atom is 1.00 e. The topological polar surface area (TPSA) is 63.7 Å². The van der Waals surface area contributed by atoms with Gasteiger partial charge in [-0.25, -0.2) is 6.29 Å². The number of carbonyl (C=O) groups is 2. The summed E-state index contributed by atoms with van der Waals surface area (Å²) in [5.74, 6) is -1.14. The predicted octanol–water partition coefficient (Wildman–Crippen LogP) is -1.06. The zero-order chi connectivity index (χ0) is 15.4. The van der Waals surface area contributed by atoms with Crippen molar-refractivity contribution in [1.29, 1.82) is 0 Å². The van der Waals surface area contributed by atoms with Crippen LogP contribution in [0.25, 0.3) is 0 Å². The molecule has 1 fully saturated rings. The van der Waals surface area contributed by atoms with E-state index in [2.05, 4.69) is 10.9 Å². The van der Waals surface area contributed by atoms with Crippen LogP contribution >= 0.6 is 0 Å². The SMILES string of the molecule is CC.CC1CC(=O)N(OC[C-]=O)C1=O.[K+].[c-]1ccccc1. The third-order valence-electron chi connectivity index (χ3n) is 2.19. The number of hydrogen-bond donors (Lipinski definition) is 0. The minimum atomic E-state index is -0.400. The molecule has 2 rings (SSSR count). The van der Waals surface area contributed by atoms with E-state index in [0.29, 0.717) is 5.06 Å². The summed E-state index contributed by atoms with van der Waals surface area (Å²) in [5.41, 5.74) is 0. The van der Waals surface area contributed by atoms with Gasteiger partial charge in [-0.15, -0.1) is 0 Å². The average molecular weight is 316 g/mol. The zero-order valence-electron chi connectivity index (χ0n) is 13.0. The molecule has 1 aromatic rings. The van der Waals surface area contributed by atoms with Crippen LogP contribution in [0, 0.1) is 12.0 Å². The molecule has 1 aliphatic rings. The minimum absolute atomic E-state index is 0. The van der Waals surface area contributed by atoms with Gasteiger partial charge in [0.15, 0.2) is 0 Å². The van der Waals surface area contributed by atoms with Crippen LogP contribution in [0.2, 0.25) is 0 Å². The van der Waals surface area contributed by atoms with Crippen molar-refractivity contribution in [3.63, 3.8) is 0 Å². The van der Waals surface area contributed by atoms with E-state index in [4.69, 9.17) is 0 Å². The minimum Gasteiger partial charge on any atom is -0.540 e. The fourth-order valence-corrected chi connectivity index (χ4v) is 1.32. The van der Waals surface area contributed by atoms with Crippen molar-refractivity contribution in [3.8, 4) is 0 Å². The van der Waals surface area contributed by atoms with Crippen molar-refractivity contribution in [2.45, 2.75) is 27.2 Å². The summed E-state index contributed by atoms with van der Waals surface area (Å²) >= 11 is 0. The number of hydroxylamine groups is 2. The second kappa shape index (κ2) is 14.6. The molecule has 1 unspecified atom stereocenters. The van der Waals surface area contributed by atoms with Crippen LogP contribution in [-0.2, 0) is 19.2 Å². The Morgan fingerprint density at radius 1 is 1.29 bits per heavy atom. The first-order valence-corrected chi connectivity index (χ1v) is 6.42. The molecular formula is C15H19KNO4-. The summed E-state index contributed by atoms with van der Waals surface area (Å²) < 4.78 is 0. The Hall–Kier alpha value is -0.374. The smallest absolute Gasteiger partial charge is 0.540 e. The Morgan fingerprint density at radius 2 is 1.86 bits per heavy atom. The molecular weight excluding hydrogens is 297 g/mol. The zero-order valence-corrected chi connectivity index (χ0v) is 16.1. The first kappa shape index (κ1) is 22.9. The molecule has 1 saturated heterocycles. The third kappa shape index (κ3) is 9.29. The Bertz CT molecular complexity index is 385. The van der Waals surface area contributed by atoms with Gasteiger partial charge in [0.2, 0.25) is 0 Å². The molecule has 0 aromatic heterocycles. The van der Waals surface area contributed by atoms with Crippen molar-refractivity contribution in [2.24, 2.45) is 5.92 Å². The van der Waals surface area contributed by atoms with E-state index < -0.39 is 11.8 Å². The Kier molecular flexibility index (Phi) is 15.9. The van der Waals surface area contributed by atoms with Gasteiger partial charge in [0.05, 0.1) is 0 Å². The van der Waals surface area contributed by atoms with Gasteiger partial charge in [-0.05, 0) is 6.61 Å². The first-order valence-electron chi connectivity index (χ1n) is 6.42. The van der Waals surface area contributed by atoms with Gasteiger partial charge < -0.3 is 4.79 Å². The van der Waals surface area contributed by atoms with Crippen molar-refractivity contribution >= 4 is 18.1 Å². The molecule has 1 heterocycles. The molecule has 2 amide bonds. The van der Waals surface area contributed by atoms with Crippen molar-refractivity contribution in [2.75, 3.05) is 6.61 Å². The normalized spacial score (nSPS) is 16.0. The number of imide groups is 1. The van der Waals surface area contributed by atoms with Crippen LogP contribution < -0.4 is 51.4 Å². The fraction of sp³-hybridized carbons (Fsp3) is 0.400. The van der Waals surface area contributed by atoms with E-state index in [1.165, 1.54) is 6.29 Å². The van der Waals surface area contributed by atoms with Gasteiger partial charge in [0.1, 0.15) is 0 Å². The molecule has 0 spiro atoms. The summed E-state index contributed by atoms with van der Waals surface area (Å²) in [7, 11) is 0. The summed E-state index contributed by atoms with van der Waals surface area (Å²) in [6.07, 6.45) is 1.58. The first-order chi connectivity index (χ1) is 9.66. The molecule has 1 atom stereocenters. The molecule has 1 aromatic carbocycles. The number of benzene rings is 1. The number of hydrogen-bond acceptors (Lipinski definition) is 4. The van der Waals surface area contributed by atoms with Crippen LogP contribution in [0.3, 0.4) is 0 Å². The Labute approximate surface area is 168 Å². The van der Waals surface area contributed by atoms with Gasteiger partial charge >= 0.3 is 51.4 Å². The summed E-state index contributed by atoms with van der Waals surface area (Å²) in [4.78, 5) is 36.3. The Morgan fingerprint density at radius 3 is 2.14 bits per heavy atom. The monoisotopic (exact) mass is 316 g/mol. The van der Waals surface area contributed by atoms with Crippen LogP contribution in [0.1, 0.15) is 27.2 Å². The second-order valence-electron chi connectivity index (χ2n) is 3.63. The number of amides is 2. The van der Waals surface area contributed by atoms with Gasteiger partial charge in [-0.3, -0.25) is 14.4 Å². The van der Waals surface area contributed by atoms with E-state index in [1.54, 1.807) is 6.92 Å². The number of carbonyl (C=O) groups excluding carboxylic acids is 3. The predicted molar refractivity (Wildman–Crippen MR) is 73.9 cm³/mol. The van der Waals surface area contributed by atoms with Crippen molar-refractivity contribution in [1.82, 2.24) is 5.06 Å². The molecule has 6 heteroatoms. The molecule has 21 heavy (non-hydrogen) atoms. The van der Waals surface area contributed by atoms with Crippen LogP contribution in [0.5, 0.6) is 0 Å². The average Bonchev–Trinajstić information content (AvgIpc) is 2.75. The molecule has 0 radical (unpaired) electrons. The van der Waals surface area contributed by atoms with E-state index >= 15 is 0 Å². The summed E-state index contributed by atoms with van der Waals surface area (Å²) in [5, 5.41) is 0.634. The molecule has 5 nitrogen and oxygen atoms in total. The quantitative estimate of drug-likeness (QED) is 0.405. The van der Waals surface area contributed by atoms with Gasteiger partial charge in [0.25, 0.3) is 11.8 Å². The summed E-state index contributed by atoms with van der Waals surface area (Å²) in [6.45, 7) is 5.25. The van der Waals surface area contributed by atoms with Gasteiger partial charge in [-0.1, -0.05) is 20.8 Å². The van der Waals surface area contributed by atoms with E-state index in [-0.39, 0.29) is 70.3 Å². The second-order valence-corrected chi connectivity index (χ2v) is 3.63. The third-order valence-corrected chi connectivity index (χ3v) is 2.19. The fourth-order valence-electron chi connectivity index (χ4n) is 1.32. The molecule has 110 valence electrons. The number of nitrogens with zero attached hydrogens (tertiary/aromatic N) is 1. The van der Waals surface area contributed by atoms with E-state index in [0.717, 1.165) is 0 Å². The molecule has 0 aliphatic carbocycles. The molecule has 1 aliphatic heterocycles. The maximum absolute atomic E-state index is 11.1. The molecule has 0 N–H and O–H groups in total. The summed E-state index contributed by atoms with van der Waals surface area (Å²) in [6, 6.07) is 12.5. The van der Waals surface area contributed by atoms with Crippen LogP contribution in [0.4, 0.5) is 0 Å². The van der Waals surface area contributed by atoms with Crippen molar-refractivity contribution in [3.05, 3.63) is 36.4 Å². The van der Waals surface area contributed by atoms with Gasteiger partial charge in [-0.2, -0.15) is 41.5 Å². The van der Waals surface area contributed by atoms with Crippen molar-refractivity contribution < 1.29 is 70.6 Å². The van der Waals surface area contributed by atoms with E-state index in [9.17, 15) is 14.4 Å². The largest absolute Gasteiger partial charge is 1.00 e. The Balaban J connectivity index is 0. The maximum atomic E-state index is 11.1. The van der Waals surface area contributed by atoms with Gasteiger partial charge in [0, 0.05) is 12.3 Å². The standard InChI is InChI=1S/C7H8NO4.C6H5.C2H6.K/c1-5-4-6(10)8(7(5)11)12-3-2-9;1-2-4-6-5-3-1;1-2;/h5H,3-4H2,1H3;1-5H;1-2H3;/q2*-1;;+1. The van der Waals surface area contributed by atoms with Crippen LogP contribution in [0.15, 0.2) is 30.3 Å². The van der Waals surface area contributed by atoms with Crippen LogP contribution in [-0.4, -0.2) is 29.8 Å². The molecule has 0 bridgehead atoms. The van der Waals surface area contributed by atoms with E-state index in [1.807, 2.05) is 44.2 Å². The molecule has 0 saturated carbocycles.